The predicted molar refractivity (Wildman–Crippen MR) is 55.4 cm³/mol. The molecule has 0 unspecified atom stereocenters. The first-order chi connectivity index (χ1) is 6.13. The fourth-order valence-corrected chi connectivity index (χ4v) is 1.22. The van der Waals surface area contributed by atoms with Gasteiger partial charge in [-0.15, -0.1) is 5.06 Å². The van der Waals surface area contributed by atoms with Gasteiger partial charge in [0.05, 0.1) is 5.02 Å². The van der Waals surface area contributed by atoms with E-state index < -0.39 is 0 Å². The second-order valence-corrected chi connectivity index (χ2v) is 3.45. The Hall–Kier alpha value is -0.440. The lowest BCUT2D eigenvalue weighted by Crippen LogP contribution is -2.21. The second-order valence-electron chi connectivity index (χ2n) is 2.61. The minimum atomic E-state index is 0.521. The summed E-state index contributed by atoms with van der Waals surface area (Å²) >= 11 is 11.6. The summed E-state index contributed by atoms with van der Waals surface area (Å²) in [6.07, 6.45) is 0. The molecule has 2 nitrogen and oxygen atoms in total. The summed E-state index contributed by atoms with van der Waals surface area (Å²) in [7, 11) is 1.84. The van der Waals surface area contributed by atoms with Crippen LogP contribution in [0.3, 0.4) is 0 Å². The van der Waals surface area contributed by atoms with Crippen molar-refractivity contribution in [1.82, 2.24) is 5.06 Å². The van der Waals surface area contributed by atoms with E-state index in [1.807, 2.05) is 14.0 Å². The minimum Gasteiger partial charge on any atom is -0.405 e. The molecule has 0 aromatic heterocycles. The first kappa shape index (κ1) is 10.6. The molecule has 1 aromatic carbocycles. The van der Waals surface area contributed by atoms with Crippen molar-refractivity contribution in [3.8, 4) is 5.75 Å². The average Bonchev–Trinajstić information content (AvgIpc) is 2.09. The Balaban J connectivity index is 2.77. The first-order valence-corrected chi connectivity index (χ1v) is 4.73. The van der Waals surface area contributed by atoms with Gasteiger partial charge in [0.25, 0.3) is 0 Å². The van der Waals surface area contributed by atoms with Gasteiger partial charge in [-0.3, -0.25) is 0 Å². The van der Waals surface area contributed by atoms with Gasteiger partial charge in [0.1, 0.15) is 0 Å². The van der Waals surface area contributed by atoms with Gasteiger partial charge >= 0.3 is 0 Å². The molecule has 0 bridgehead atoms. The zero-order chi connectivity index (χ0) is 9.84. The van der Waals surface area contributed by atoms with Crippen LogP contribution >= 0.6 is 23.2 Å². The number of halogens is 2. The quantitative estimate of drug-likeness (QED) is 0.725. The molecule has 0 aliphatic rings. The number of hydrogen-bond donors (Lipinski definition) is 0. The highest BCUT2D eigenvalue weighted by Crippen LogP contribution is 2.27. The number of rotatable bonds is 3. The monoisotopic (exact) mass is 219 g/mol. The van der Waals surface area contributed by atoms with Gasteiger partial charge in [0.15, 0.2) is 5.75 Å². The van der Waals surface area contributed by atoms with Gasteiger partial charge < -0.3 is 4.84 Å². The maximum Gasteiger partial charge on any atom is 0.166 e. The Morgan fingerprint density at radius 3 is 2.62 bits per heavy atom. The van der Waals surface area contributed by atoms with Crippen LogP contribution in [0.25, 0.3) is 0 Å². The van der Waals surface area contributed by atoms with E-state index in [1.165, 1.54) is 0 Å². The molecule has 0 N–H and O–H groups in total. The summed E-state index contributed by atoms with van der Waals surface area (Å²) in [6.45, 7) is 2.78. The smallest absolute Gasteiger partial charge is 0.166 e. The van der Waals surface area contributed by atoms with E-state index in [1.54, 1.807) is 23.3 Å². The van der Waals surface area contributed by atoms with Crippen LogP contribution in [0.15, 0.2) is 18.2 Å². The molecule has 72 valence electrons. The Morgan fingerprint density at radius 2 is 2.08 bits per heavy atom. The summed E-state index contributed by atoms with van der Waals surface area (Å²) in [4.78, 5) is 5.39. The van der Waals surface area contributed by atoms with Gasteiger partial charge in [0, 0.05) is 18.6 Å². The average molecular weight is 220 g/mol. The maximum atomic E-state index is 5.89. The maximum absolute atomic E-state index is 5.89. The van der Waals surface area contributed by atoms with E-state index in [2.05, 4.69) is 0 Å². The van der Waals surface area contributed by atoms with Gasteiger partial charge in [-0.05, 0) is 25.1 Å². The second kappa shape index (κ2) is 4.70. The standard InChI is InChI=1S/C9H11Cl2NO/c1-3-12(2)13-9-5-4-7(10)6-8(9)11/h4-6H,3H2,1-2H3. The number of hydroxylamine groups is 2. The first-order valence-electron chi connectivity index (χ1n) is 3.97. The zero-order valence-electron chi connectivity index (χ0n) is 7.55. The van der Waals surface area contributed by atoms with E-state index >= 15 is 0 Å². The molecule has 0 atom stereocenters. The lowest BCUT2D eigenvalue weighted by Gasteiger charge is -2.16. The Kier molecular flexibility index (Phi) is 3.85. The van der Waals surface area contributed by atoms with Gasteiger partial charge in [-0.2, -0.15) is 0 Å². The molecule has 1 aromatic rings. The van der Waals surface area contributed by atoms with Crippen molar-refractivity contribution < 1.29 is 4.84 Å². The van der Waals surface area contributed by atoms with Crippen molar-refractivity contribution >= 4 is 23.2 Å². The molecule has 0 amide bonds. The van der Waals surface area contributed by atoms with E-state index in [-0.39, 0.29) is 0 Å². The highest BCUT2D eigenvalue weighted by Gasteiger charge is 2.04. The summed E-state index contributed by atoms with van der Waals surface area (Å²) in [5, 5.41) is 2.82. The zero-order valence-corrected chi connectivity index (χ0v) is 9.06. The van der Waals surface area contributed by atoms with Crippen LogP contribution < -0.4 is 4.84 Å². The van der Waals surface area contributed by atoms with Crippen molar-refractivity contribution in [2.45, 2.75) is 6.92 Å². The lowest BCUT2D eigenvalue weighted by molar-refractivity contribution is -0.0261. The molecule has 1 rings (SSSR count). The third kappa shape index (κ3) is 3.07. The molecule has 4 heteroatoms. The van der Waals surface area contributed by atoms with E-state index in [0.717, 1.165) is 6.54 Å². The molecule has 0 spiro atoms. The van der Waals surface area contributed by atoms with Crippen LogP contribution in [0, 0.1) is 0 Å². The number of benzene rings is 1. The van der Waals surface area contributed by atoms with Gasteiger partial charge in [-0.1, -0.05) is 23.2 Å². The Labute approximate surface area is 88.0 Å². The largest absolute Gasteiger partial charge is 0.405 e. The van der Waals surface area contributed by atoms with E-state index in [0.29, 0.717) is 15.8 Å². The summed E-state index contributed by atoms with van der Waals surface area (Å²) in [5.41, 5.74) is 0. The summed E-state index contributed by atoms with van der Waals surface area (Å²) in [5.74, 6) is 0.621. The SMILES string of the molecule is CCN(C)Oc1ccc(Cl)cc1Cl. The van der Waals surface area contributed by atoms with Crippen LogP contribution in [0.1, 0.15) is 6.92 Å². The fourth-order valence-electron chi connectivity index (χ4n) is 0.782. The third-order valence-corrected chi connectivity index (χ3v) is 2.12. The van der Waals surface area contributed by atoms with E-state index in [9.17, 15) is 0 Å². The van der Waals surface area contributed by atoms with E-state index in [4.69, 9.17) is 28.0 Å². The highest BCUT2D eigenvalue weighted by atomic mass is 35.5. The van der Waals surface area contributed by atoms with Crippen molar-refractivity contribution in [2.24, 2.45) is 0 Å². The number of nitrogens with zero attached hydrogens (tertiary/aromatic N) is 1. The predicted octanol–water partition coefficient (Wildman–Crippen LogP) is 3.24. The minimum absolute atomic E-state index is 0.521. The topological polar surface area (TPSA) is 12.5 Å². The van der Waals surface area contributed by atoms with Crippen LogP contribution in [0.2, 0.25) is 10.0 Å². The van der Waals surface area contributed by atoms with Gasteiger partial charge in [-0.25, -0.2) is 0 Å². The molecule has 0 saturated heterocycles. The molecular formula is C9H11Cl2NO. The van der Waals surface area contributed by atoms with Crippen LogP contribution in [0.5, 0.6) is 5.75 Å². The Morgan fingerprint density at radius 1 is 1.38 bits per heavy atom. The molecular weight excluding hydrogens is 209 g/mol. The molecule has 0 heterocycles. The van der Waals surface area contributed by atoms with Crippen LogP contribution in [0.4, 0.5) is 0 Å². The van der Waals surface area contributed by atoms with Crippen molar-refractivity contribution in [2.75, 3.05) is 13.6 Å². The molecule has 13 heavy (non-hydrogen) atoms. The molecule has 0 fully saturated rings. The Bertz CT molecular complexity index is 291. The van der Waals surface area contributed by atoms with Gasteiger partial charge in [0.2, 0.25) is 0 Å². The van der Waals surface area contributed by atoms with Crippen LogP contribution in [-0.2, 0) is 0 Å². The highest BCUT2D eigenvalue weighted by molar-refractivity contribution is 6.35. The van der Waals surface area contributed by atoms with Crippen molar-refractivity contribution in [3.63, 3.8) is 0 Å². The van der Waals surface area contributed by atoms with Crippen molar-refractivity contribution in [3.05, 3.63) is 28.2 Å². The lowest BCUT2D eigenvalue weighted by atomic mass is 10.3. The van der Waals surface area contributed by atoms with Crippen molar-refractivity contribution in [1.29, 1.82) is 0 Å². The molecule has 0 aliphatic carbocycles. The molecule has 0 aliphatic heterocycles. The fraction of sp³-hybridized carbons (Fsp3) is 0.333. The number of hydrogen-bond acceptors (Lipinski definition) is 2. The molecule has 0 radical (unpaired) electrons. The molecule has 0 saturated carbocycles. The summed E-state index contributed by atoms with van der Waals surface area (Å²) in [6, 6.07) is 5.14. The summed E-state index contributed by atoms with van der Waals surface area (Å²) < 4.78 is 0. The van der Waals surface area contributed by atoms with Crippen LogP contribution in [-0.4, -0.2) is 18.7 Å². The normalized spacial score (nSPS) is 10.5. The third-order valence-electron chi connectivity index (χ3n) is 1.59.